The molecule has 3 N–H and O–H groups in total. The van der Waals surface area contributed by atoms with Crippen molar-refractivity contribution in [3.63, 3.8) is 0 Å². The summed E-state index contributed by atoms with van der Waals surface area (Å²) in [5, 5.41) is 3.37. The van der Waals surface area contributed by atoms with Crippen LogP contribution in [0, 0.1) is 23.7 Å². The van der Waals surface area contributed by atoms with Crippen molar-refractivity contribution in [1.29, 1.82) is 0 Å². The molecule has 1 aliphatic heterocycles. The summed E-state index contributed by atoms with van der Waals surface area (Å²) in [5.74, 6) is 5.86. The van der Waals surface area contributed by atoms with Crippen molar-refractivity contribution in [2.75, 3.05) is 30.8 Å². The minimum absolute atomic E-state index is 0.459. The summed E-state index contributed by atoms with van der Waals surface area (Å²) < 4.78 is 0. The van der Waals surface area contributed by atoms with Gasteiger partial charge in [0, 0.05) is 31.1 Å². The Balaban J connectivity index is 1.45. The molecule has 5 fully saturated rings. The Morgan fingerprint density at radius 2 is 1.95 bits per heavy atom. The number of hydrogen-bond donors (Lipinski definition) is 2. The van der Waals surface area contributed by atoms with E-state index in [2.05, 4.69) is 26.3 Å². The number of rotatable bonds is 3. The molecule has 1 aromatic rings. The van der Waals surface area contributed by atoms with Gasteiger partial charge >= 0.3 is 0 Å². The fourth-order valence-electron chi connectivity index (χ4n) is 6.01. The van der Waals surface area contributed by atoms with Gasteiger partial charge in [-0.1, -0.05) is 0 Å². The predicted octanol–water partition coefficient (Wildman–Crippen LogP) is 1.62. The number of nitrogens with two attached hydrogens (primary N) is 1. The number of likely N-dealkylation sites (N-methyl/N-ethyl adjacent to an activating group) is 1. The third-order valence-corrected chi connectivity index (χ3v) is 6.90. The van der Waals surface area contributed by atoms with E-state index in [9.17, 15) is 0 Å². The zero-order chi connectivity index (χ0) is 14.8. The van der Waals surface area contributed by atoms with Gasteiger partial charge in [0.2, 0.25) is 5.95 Å². The molecule has 4 unspecified atom stereocenters. The van der Waals surface area contributed by atoms with Crippen molar-refractivity contribution < 1.29 is 0 Å². The summed E-state index contributed by atoms with van der Waals surface area (Å²) in [7, 11) is 2.04. The number of nitrogens with one attached hydrogen (secondary N) is 1. The van der Waals surface area contributed by atoms with Crippen LogP contribution in [0.2, 0.25) is 0 Å². The smallest absolute Gasteiger partial charge is 0.222 e. The van der Waals surface area contributed by atoms with Gasteiger partial charge in [-0.25, -0.2) is 4.98 Å². The first-order chi connectivity index (χ1) is 10.7. The molecule has 118 valence electrons. The molecule has 6 rings (SSSR count). The van der Waals surface area contributed by atoms with Crippen LogP contribution >= 0.6 is 0 Å². The van der Waals surface area contributed by atoms with E-state index < -0.39 is 0 Å². The number of nitrogen functional groups attached to an aromatic ring is 1. The van der Waals surface area contributed by atoms with Gasteiger partial charge in [-0.15, -0.1) is 0 Å². The van der Waals surface area contributed by atoms with Crippen molar-refractivity contribution >= 4 is 11.8 Å². The number of nitrogens with zero attached hydrogens (tertiary/aromatic N) is 3. The van der Waals surface area contributed by atoms with Gasteiger partial charge in [-0.05, 0) is 56.4 Å². The summed E-state index contributed by atoms with van der Waals surface area (Å²) in [6.07, 6.45) is 5.53. The highest BCUT2D eigenvalue weighted by atomic mass is 15.2. The maximum atomic E-state index is 6.05. The average Bonchev–Trinajstić information content (AvgIpc) is 3.29. The Labute approximate surface area is 131 Å². The fourth-order valence-corrected chi connectivity index (χ4v) is 6.01. The lowest BCUT2D eigenvalue weighted by molar-refractivity contribution is 0.392. The molecule has 4 aliphatic carbocycles. The van der Waals surface area contributed by atoms with Crippen LogP contribution < -0.4 is 16.0 Å². The second-order valence-corrected chi connectivity index (χ2v) is 7.81. The van der Waals surface area contributed by atoms with E-state index in [1.807, 2.05) is 7.05 Å². The molecule has 1 aromatic heterocycles. The van der Waals surface area contributed by atoms with E-state index in [1.54, 1.807) is 0 Å². The molecular formula is C17H25N5. The monoisotopic (exact) mass is 299 g/mol. The van der Waals surface area contributed by atoms with E-state index in [0.29, 0.717) is 17.9 Å². The Morgan fingerprint density at radius 1 is 1.18 bits per heavy atom. The minimum atomic E-state index is 0.459. The van der Waals surface area contributed by atoms with Crippen molar-refractivity contribution in [1.82, 2.24) is 15.3 Å². The maximum Gasteiger partial charge on any atom is 0.222 e. The highest BCUT2D eigenvalue weighted by Gasteiger charge is 2.60. The molecule has 0 aromatic carbocycles. The Morgan fingerprint density at radius 3 is 2.59 bits per heavy atom. The van der Waals surface area contributed by atoms with Gasteiger partial charge in [0.25, 0.3) is 0 Å². The molecule has 5 aliphatic rings. The third-order valence-electron chi connectivity index (χ3n) is 6.90. The first-order valence-electron chi connectivity index (χ1n) is 8.79. The first-order valence-corrected chi connectivity index (χ1v) is 8.79. The quantitative estimate of drug-likeness (QED) is 0.888. The van der Waals surface area contributed by atoms with Crippen LogP contribution in [0.4, 0.5) is 11.8 Å². The topological polar surface area (TPSA) is 67.1 Å². The van der Waals surface area contributed by atoms with E-state index in [-0.39, 0.29) is 0 Å². The van der Waals surface area contributed by atoms with Gasteiger partial charge < -0.3 is 16.0 Å². The predicted molar refractivity (Wildman–Crippen MR) is 86.7 cm³/mol. The molecular weight excluding hydrogens is 274 g/mol. The van der Waals surface area contributed by atoms with Crippen LogP contribution in [-0.4, -0.2) is 36.1 Å². The van der Waals surface area contributed by atoms with Gasteiger partial charge in [-0.2, -0.15) is 4.98 Å². The molecule has 4 bridgehead atoms. The molecule has 0 amide bonds. The Hall–Kier alpha value is -1.36. The Bertz CT molecular complexity index is 587. The lowest BCUT2D eigenvalue weighted by atomic mass is 9.86. The number of hydrogen-bond acceptors (Lipinski definition) is 5. The summed E-state index contributed by atoms with van der Waals surface area (Å²) in [6.45, 7) is 2.08. The summed E-state index contributed by atoms with van der Waals surface area (Å²) in [4.78, 5) is 11.5. The van der Waals surface area contributed by atoms with Crippen LogP contribution in [0.1, 0.15) is 37.3 Å². The molecule has 4 saturated carbocycles. The van der Waals surface area contributed by atoms with Crippen LogP contribution in [0.25, 0.3) is 0 Å². The van der Waals surface area contributed by atoms with Crippen molar-refractivity contribution in [2.45, 2.75) is 37.6 Å². The van der Waals surface area contributed by atoms with Crippen molar-refractivity contribution in [3.8, 4) is 0 Å². The second-order valence-electron chi connectivity index (χ2n) is 7.81. The largest absolute Gasteiger partial charge is 0.368 e. The van der Waals surface area contributed by atoms with E-state index in [0.717, 1.165) is 42.6 Å². The van der Waals surface area contributed by atoms with E-state index >= 15 is 0 Å². The molecule has 1 saturated heterocycles. The maximum absolute atomic E-state index is 6.05. The van der Waals surface area contributed by atoms with E-state index in [4.69, 9.17) is 5.73 Å². The molecule has 5 atom stereocenters. The lowest BCUT2D eigenvalue weighted by Crippen LogP contribution is -2.30. The first kappa shape index (κ1) is 13.1. The minimum Gasteiger partial charge on any atom is -0.368 e. The normalized spacial score (nSPS) is 42.0. The highest BCUT2D eigenvalue weighted by Crippen LogP contribution is 2.68. The van der Waals surface area contributed by atoms with Crippen molar-refractivity contribution in [3.05, 3.63) is 11.8 Å². The van der Waals surface area contributed by atoms with Gasteiger partial charge in [-0.3, -0.25) is 0 Å². The number of aromatic nitrogens is 2. The molecule has 2 heterocycles. The molecule has 0 spiro atoms. The van der Waals surface area contributed by atoms with Crippen LogP contribution in [0.15, 0.2) is 6.07 Å². The van der Waals surface area contributed by atoms with Gasteiger partial charge in [0.1, 0.15) is 5.82 Å². The van der Waals surface area contributed by atoms with Crippen LogP contribution in [0.5, 0.6) is 0 Å². The fraction of sp³-hybridized carbons (Fsp3) is 0.765. The zero-order valence-electron chi connectivity index (χ0n) is 13.2. The van der Waals surface area contributed by atoms with Crippen LogP contribution in [0.3, 0.4) is 0 Å². The summed E-state index contributed by atoms with van der Waals surface area (Å²) in [6, 6.07) is 2.81. The second kappa shape index (κ2) is 4.57. The molecule has 5 heteroatoms. The van der Waals surface area contributed by atoms with Crippen LogP contribution in [-0.2, 0) is 0 Å². The molecule has 22 heavy (non-hydrogen) atoms. The highest BCUT2D eigenvalue weighted by molar-refractivity contribution is 5.46. The van der Waals surface area contributed by atoms with Crippen molar-refractivity contribution in [2.24, 2.45) is 23.7 Å². The average molecular weight is 299 g/mol. The van der Waals surface area contributed by atoms with E-state index in [1.165, 1.54) is 31.4 Å². The number of anilines is 2. The van der Waals surface area contributed by atoms with Gasteiger partial charge in [0.05, 0.1) is 5.69 Å². The molecule has 5 nitrogen and oxygen atoms in total. The summed E-state index contributed by atoms with van der Waals surface area (Å²) >= 11 is 0. The lowest BCUT2D eigenvalue weighted by Gasteiger charge is -2.23. The third kappa shape index (κ3) is 1.75. The molecule has 0 radical (unpaired) electrons. The van der Waals surface area contributed by atoms with Gasteiger partial charge in [0.15, 0.2) is 0 Å². The zero-order valence-corrected chi connectivity index (χ0v) is 13.2. The SMILES string of the molecule is CN[C@@H]1CCN(c2cc(C3C4CC5CC4CC53)nc(N)n2)C1. The summed E-state index contributed by atoms with van der Waals surface area (Å²) in [5.41, 5.74) is 7.29. The Kier molecular flexibility index (Phi) is 2.72. The standard InChI is InChI=1S/C17H25N5/c1-19-11-2-3-22(8-11)15-7-14(20-17(18)21-15)16-12-5-9-4-10(12)6-13(9)16/h7,9-13,16,19H,2-6,8H2,1H3,(H2,18,20,21)/t9?,10?,11-,12?,13?,16?/m1/s1.